The third-order valence-corrected chi connectivity index (χ3v) is 3.40. The van der Waals surface area contributed by atoms with Crippen molar-refractivity contribution in [2.24, 2.45) is 0 Å². The monoisotopic (exact) mass is 249 g/mol. The van der Waals surface area contributed by atoms with Crippen molar-refractivity contribution in [1.29, 1.82) is 0 Å². The summed E-state index contributed by atoms with van der Waals surface area (Å²) >= 11 is 0. The van der Waals surface area contributed by atoms with Crippen LogP contribution in [0.3, 0.4) is 0 Å². The molecule has 0 saturated heterocycles. The van der Waals surface area contributed by atoms with Gasteiger partial charge in [0.05, 0.1) is 5.60 Å². The van der Waals surface area contributed by atoms with E-state index in [-0.39, 0.29) is 5.60 Å². The zero-order chi connectivity index (χ0) is 13.3. The first-order valence-corrected chi connectivity index (χ1v) is 7.09. The van der Waals surface area contributed by atoms with Crippen molar-refractivity contribution < 1.29 is 4.74 Å². The molecule has 1 unspecified atom stereocenters. The van der Waals surface area contributed by atoms with Crippen LogP contribution in [0, 0.1) is 0 Å². The zero-order valence-electron chi connectivity index (χ0n) is 12.0. The van der Waals surface area contributed by atoms with Gasteiger partial charge in [-0.05, 0) is 38.3 Å². The Labute approximate surface area is 112 Å². The average Bonchev–Trinajstić information content (AvgIpc) is 2.43. The third-order valence-electron chi connectivity index (χ3n) is 3.40. The molecule has 1 aromatic rings. The van der Waals surface area contributed by atoms with Crippen LogP contribution in [-0.2, 0) is 11.2 Å². The second-order valence-electron chi connectivity index (χ2n) is 5.02. The molecule has 1 aromatic carbocycles. The molecule has 18 heavy (non-hydrogen) atoms. The van der Waals surface area contributed by atoms with Gasteiger partial charge in [0.2, 0.25) is 0 Å². The Hall–Kier alpha value is -0.860. The SMILES string of the molecule is CCNCC(C)(CC)OCCCc1ccccc1. The molecule has 2 nitrogen and oxygen atoms in total. The number of ether oxygens (including phenoxy) is 1. The Morgan fingerprint density at radius 3 is 2.50 bits per heavy atom. The lowest BCUT2D eigenvalue weighted by molar-refractivity contribution is -0.0337. The molecule has 0 heterocycles. The highest BCUT2D eigenvalue weighted by Gasteiger charge is 2.21. The number of aryl methyl sites for hydroxylation is 1. The van der Waals surface area contributed by atoms with E-state index in [0.717, 1.165) is 39.0 Å². The van der Waals surface area contributed by atoms with E-state index >= 15 is 0 Å². The molecule has 0 aliphatic heterocycles. The van der Waals surface area contributed by atoms with Crippen LogP contribution in [-0.4, -0.2) is 25.3 Å². The second kappa shape index (κ2) is 8.28. The molecule has 0 radical (unpaired) electrons. The molecule has 0 aliphatic carbocycles. The van der Waals surface area contributed by atoms with Gasteiger partial charge < -0.3 is 10.1 Å². The largest absolute Gasteiger partial charge is 0.374 e. The molecular weight excluding hydrogens is 222 g/mol. The zero-order valence-corrected chi connectivity index (χ0v) is 12.0. The quantitative estimate of drug-likeness (QED) is 0.677. The molecule has 0 spiro atoms. The highest BCUT2D eigenvalue weighted by molar-refractivity contribution is 5.14. The highest BCUT2D eigenvalue weighted by atomic mass is 16.5. The first-order valence-electron chi connectivity index (χ1n) is 7.09. The lowest BCUT2D eigenvalue weighted by atomic mass is 10.0. The van der Waals surface area contributed by atoms with E-state index in [1.54, 1.807) is 0 Å². The Kier molecular flexibility index (Phi) is 6.99. The summed E-state index contributed by atoms with van der Waals surface area (Å²) in [4.78, 5) is 0. The average molecular weight is 249 g/mol. The van der Waals surface area contributed by atoms with E-state index in [0.29, 0.717) is 0 Å². The molecule has 0 amide bonds. The lowest BCUT2D eigenvalue weighted by Gasteiger charge is -2.29. The summed E-state index contributed by atoms with van der Waals surface area (Å²) in [6.45, 7) is 9.29. The fraction of sp³-hybridized carbons (Fsp3) is 0.625. The van der Waals surface area contributed by atoms with Crippen LogP contribution in [0.1, 0.15) is 39.2 Å². The van der Waals surface area contributed by atoms with Gasteiger partial charge in [0.1, 0.15) is 0 Å². The number of hydrogen-bond acceptors (Lipinski definition) is 2. The Morgan fingerprint density at radius 1 is 1.17 bits per heavy atom. The summed E-state index contributed by atoms with van der Waals surface area (Å²) < 4.78 is 6.04. The molecule has 0 saturated carbocycles. The van der Waals surface area contributed by atoms with Crippen molar-refractivity contribution in [2.75, 3.05) is 19.7 Å². The van der Waals surface area contributed by atoms with Crippen LogP contribution >= 0.6 is 0 Å². The normalized spacial score (nSPS) is 14.4. The minimum atomic E-state index is -0.0211. The van der Waals surface area contributed by atoms with Crippen molar-refractivity contribution in [3.63, 3.8) is 0 Å². The number of benzene rings is 1. The van der Waals surface area contributed by atoms with E-state index in [9.17, 15) is 0 Å². The first kappa shape index (κ1) is 15.2. The minimum Gasteiger partial charge on any atom is -0.374 e. The number of rotatable bonds is 9. The Morgan fingerprint density at radius 2 is 1.89 bits per heavy atom. The molecule has 0 aliphatic rings. The maximum atomic E-state index is 6.04. The first-order chi connectivity index (χ1) is 8.70. The van der Waals surface area contributed by atoms with Gasteiger partial charge in [-0.1, -0.05) is 44.2 Å². The summed E-state index contributed by atoms with van der Waals surface area (Å²) in [5.41, 5.74) is 1.37. The van der Waals surface area contributed by atoms with Crippen molar-refractivity contribution in [3.05, 3.63) is 35.9 Å². The van der Waals surface area contributed by atoms with Crippen molar-refractivity contribution >= 4 is 0 Å². The van der Waals surface area contributed by atoms with Crippen LogP contribution in [0.25, 0.3) is 0 Å². The molecule has 1 atom stereocenters. The molecule has 0 aromatic heterocycles. The fourth-order valence-corrected chi connectivity index (χ4v) is 1.91. The number of likely N-dealkylation sites (N-methyl/N-ethyl adjacent to an activating group) is 1. The maximum absolute atomic E-state index is 6.04. The Balaban J connectivity index is 2.23. The topological polar surface area (TPSA) is 21.3 Å². The van der Waals surface area contributed by atoms with Gasteiger partial charge in [-0.2, -0.15) is 0 Å². The number of nitrogens with one attached hydrogen (secondary N) is 1. The lowest BCUT2D eigenvalue weighted by Crippen LogP contribution is -2.40. The van der Waals surface area contributed by atoms with Crippen LogP contribution in [0.15, 0.2) is 30.3 Å². The summed E-state index contributed by atoms with van der Waals surface area (Å²) in [7, 11) is 0. The molecule has 1 rings (SSSR count). The van der Waals surface area contributed by atoms with Gasteiger partial charge in [-0.3, -0.25) is 0 Å². The molecule has 102 valence electrons. The summed E-state index contributed by atoms with van der Waals surface area (Å²) in [6, 6.07) is 10.6. The van der Waals surface area contributed by atoms with Gasteiger partial charge in [0, 0.05) is 13.2 Å². The van der Waals surface area contributed by atoms with Gasteiger partial charge in [-0.15, -0.1) is 0 Å². The van der Waals surface area contributed by atoms with E-state index in [1.165, 1.54) is 5.56 Å². The standard InChI is InChI=1S/C16H27NO/c1-4-16(3,14-17-5-2)18-13-9-12-15-10-7-6-8-11-15/h6-8,10-11,17H,4-5,9,12-14H2,1-3H3. The van der Waals surface area contributed by atoms with E-state index < -0.39 is 0 Å². The van der Waals surface area contributed by atoms with Gasteiger partial charge >= 0.3 is 0 Å². The summed E-state index contributed by atoms with van der Waals surface area (Å²) in [6.07, 6.45) is 3.24. The molecule has 1 N–H and O–H groups in total. The minimum absolute atomic E-state index is 0.0211. The van der Waals surface area contributed by atoms with Crippen molar-refractivity contribution in [3.8, 4) is 0 Å². The second-order valence-corrected chi connectivity index (χ2v) is 5.02. The van der Waals surface area contributed by atoms with Crippen LogP contribution in [0.2, 0.25) is 0 Å². The van der Waals surface area contributed by atoms with Crippen molar-refractivity contribution in [1.82, 2.24) is 5.32 Å². The predicted molar refractivity (Wildman–Crippen MR) is 78.0 cm³/mol. The fourth-order valence-electron chi connectivity index (χ4n) is 1.91. The van der Waals surface area contributed by atoms with Crippen LogP contribution in [0.5, 0.6) is 0 Å². The van der Waals surface area contributed by atoms with E-state index in [1.807, 2.05) is 0 Å². The van der Waals surface area contributed by atoms with Crippen molar-refractivity contribution in [2.45, 2.75) is 45.6 Å². The Bertz CT molecular complexity index is 312. The molecule has 2 heteroatoms. The number of hydrogen-bond donors (Lipinski definition) is 1. The van der Waals surface area contributed by atoms with E-state index in [4.69, 9.17) is 4.74 Å². The smallest absolute Gasteiger partial charge is 0.0775 e. The maximum Gasteiger partial charge on any atom is 0.0775 e. The van der Waals surface area contributed by atoms with Crippen LogP contribution < -0.4 is 5.32 Å². The molecular formula is C16H27NO. The predicted octanol–water partition coefficient (Wildman–Crippen LogP) is 3.41. The van der Waals surface area contributed by atoms with Gasteiger partial charge in [-0.25, -0.2) is 0 Å². The highest BCUT2D eigenvalue weighted by Crippen LogP contribution is 2.15. The summed E-state index contributed by atoms with van der Waals surface area (Å²) in [5.74, 6) is 0. The molecule has 0 fully saturated rings. The van der Waals surface area contributed by atoms with Gasteiger partial charge in [0.25, 0.3) is 0 Å². The summed E-state index contributed by atoms with van der Waals surface area (Å²) in [5, 5.41) is 3.37. The molecule has 0 bridgehead atoms. The third kappa shape index (κ3) is 5.65. The van der Waals surface area contributed by atoms with Gasteiger partial charge in [0.15, 0.2) is 0 Å². The van der Waals surface area contributed by atoms with Crippen LogP contribution in [0.4, 0.5) is 0 Å². The van der Waals surface area contributed by atoms with E-state index in [2.05, 4.69) is 56.4 Å².